The fourth-order valence-electron chi connectivity index (χ4n) is 2.82. The smallest absolute Gasteiger partial charge is 0.322 e. The number of aromatic nitrogens is 1. The van der Waals surface area contributed by atoms with Crippen molar-refractivity contribution in [2.45, 2.75) is 13.0 Å². The molecule has 0 aliphatic rings. The van der Waals surface area contributed by atoms with E-state index in [0.29, 0.717) is 5.56 Å². The Bertz CT molecular complexity index is 1130. The molecule has 0 saturated heterocycles. The Morgan fingerprint density at radius 1 is 1.07 bits per heavy atom. The molecule has 146 valence electrons. The number of nitrogens with one attached hydrogen (secondary N) is 2. The summed E-state index contributed by atoms with van der Waals surface area (Å²) in [6.07, 6.45) is 1.31. The van der Waals surface area contributed by atoms with Crippen LogP contribution in [-0.2, 0) is 0 Å². The van der Waals surface area contributed by atoms with Gasteiger partial charge in [0.15, 0.2) is 23.3 Å². The van der Waals surface area contributed by atoms with Gasteiger partial charge in [-0.3, -0.25) is 4.79 Å². The van der Waals surface area contributed by atoms with E-state index in [9.17, 15) is 27.2 Å². The highest BCUT2D eigenvalue weighted by Crippen LogP contribution is 2.28. The number of amides is 2. The van der Waals surface area contributed by atoms with Gasteiger partial charge in [0.25, 0.3) is 5.56 Å². The lowest BCUT2D eigenvalue weighted by atomic mass is 10.0. The fourth-order valence-corrected chi connectivity index (χ4v) is 2.82. The predicted octanol–water partition coefficient (Wildman–Crippen LogP) is 4.31. The second-order valence-electron chi connectivity index (χ2n) is 6.20. The van der Waals surface area contributed by atoms with E-state index in [4.69, 9.17) is 0 Å². The van der Waals surface area contributed by atoms with E-state index in [1.54, 1.807) is 6.92 Å². The van der Waals surface area contributed by atoms with Crippen molar-refractivity contribution in [2.24, 2.45) is 0 Å². The first-order valence-electron chi connectivity index (χ1n) is 8.19. The molecular weight excluding hydrogens is 378 g/mol. The third-order valence-electron chi connectivity index (χ3n) is 4.51. The molecule has 9 heteroatoms. The number of hydrogen-bond donors (Lipinski definition) is 2. The van der Waals surface area contributed by atoms with Gasteiger partial charge < -0.3 is 15.2 Å². The minimum absolute atomic E-state index is 0.0439. The van der Waals surface area contributed by atoms with Crippen LogP contribution in [0.15, 0.2) is 41.3 Å². The van der Waals surface area contributed by atoms with Crippen molar-refractivity contribution in [1.82, 2.24) is 9.88 Å². The second-order valence-corrected chi connectivity index (χ2v) is 6.20. The fraction of sp³-hybridized carbons (Fsp3) is 0.158. The Labute approximate surface area is 156 Å². The molecule has 3 rings (SSSR count). The largest absolute Gasteiger partial charge is 0.328 e. The van der Waals surface area contributed by atoms with Crippen molar-refractivity contribution in [2.75, 3.05) is 12.4 Å². The SMILES string of the molecule is CC(c1c[nH]c(=O)c2c(F)c(F)ccc12)N(C)C(=O)Nc1ccc(F)c(F)c1. The molecule has 0 saturated carbocycles. The van der Waals surface area contributed by atoms with Crippen LogP contribution in [-0.4, -0.2) is 23.0 Å². The maximum Gasteiger partial charge on any atom is 0.322 e. The Morgan fingerprint density at radius 3 is 2.43 bits per heavy atom. The van der Waals surface area contributed by atoms with E-state index < -0.39 is 46.3 Å². The molecule has 2 amide bonds. The first-order valence-corrected chi connectivity index (χ1v) is 8.19. The topological polar surface area (TPSA) is 65.2 Å². The number of halogens is 4. The third kappa shape index (κ3) is 3.42. The highest BCUT2D eigenvalue weighted by Gasteiger charge is 2.22. The van der Waals surface area contributed by atoms with Gasteiger partial charge in [0.2, 0.25) is 0 Å². The first-order chi connectivity index (χ1) is 13.2. The molecule has 1 atom stereocenters. The van der Waals surface area contributed by atoms with Gasteiger partial charge in [0.05, 0.1) is 11.4 Å². The molecule has 0 bridgehead atoms. The Kier molecular flexibility index (Phi) is 5.08. The number of urea groups is 1. The molecule has 28 heavy (non-hydrogen) atoms. The highest BCUT2D eigenvalue weighted by molar-refractivity contribution is 5.90. The maximum absolute atomic E-state index is 14.1. The van der Waals surface area contributed by atoms with E-state index in [-0.39, 0.29) is 11.1 Å². The summed E-state index contributed by atoms with van der Waals surface area (Å²) in [5.41, 5.74) is -0.379. The van der Waals surface area contributed by atoms with Crippen molar-refractivity contribution >= 4 is 22.5 Å². The molecule has 0 fully saturated rings. The molecule has 0 spiro atoms. The lowest BCUT2D eigenvalue weighted by Gasteiger charge is -2.26. The van der Waals surface area contributed by atoms with E-state index in [0.717, 1.165) is 18.2 Å². The number of carbonyl (C=O) groups excluding carboxylic acids is 1. The number of pyridine rings is 1. The Hall–Kier alpha value is -3.36. The standard InChI is InChI=1S/C19H15F4N3O2/c1-9(26(2)19(28)25-10-3-5-13(20)15(22)7-10)12-8-24-18(27)16-11(12)4-6-14(21)17(16)23/h3-9H,1-2H3,(H,24,27)(H,25,28). The highest BCUT2D eigenvalue weighted by atomic mass is 19.2. The molecule has 1 unspecified atom stereocenters. The van der Waals surface area contributed by atoms with Gasteiger partial charge in [0, 0.05) is 25.0 Å². The van der Waals surface area contributed by atoms with Crippen LogP contribution in [0.2, 0.25) is 0 Å². The van der Waals surface area contributed by atoms with Crippen LogP contribution in [0.25, 0.3) is 10.8 Å². The van der Waals surface area contributed by atoms with Crippen molar-refractivity contribution < 1.29 is 22.4 Å². The molecule has 1 aromatic heterocycles. The molecule has 1 heterocycles. The van der Waals surface area contributed by atoms with E-state index >= 15 is 0 Å². The number of anilines is 1. The summed E-state index contributed by atoms with van der Waals surface area (Å²) in [7, 11) is 1.43. The molecular formula is C19H15F4N3O2. The summed E-state index contributed by atoms with van der Waals surface area (Å²) < 4.78 is 53.9. The van der Waals surface area contributed by atoms with Crippen molar-refractivity contribution in [3.05, 3.63) is 75.7 Å². The molecule has 5 nitrogen and oxygen atoms in total. The molecule has 0 aliphatic carbocycles. The van der Waals surface area contributed by atoms with Crippen LogP contribution in [0.3, 0.4) is 0 Å². The minimum atomic E-state index is -1.28. The summed E-state index contributed by atoms with van der Waals surface area (Å²) in [6.45, 7) is 1.61. The van der Waals surface area contributed by atoms with Gasteiger partial charge in [0.1, 0.15) is 0 Å². The third-order valence-corrected chi connectivity index (χ3v) is 4.51. The monoisotopic (exact) mass is 393 g/mol. The number of H-pyrrole nitrogens is 1. The van der Waals surface area contributed by atoms with Crippen molar-refractivity contribution in [1.29, 1.82) is 0 Å². The summed E-state index contributed by atoms with van der Waals surface area (Å²) in [6, 6.07) is 3.74. The summed E-state index contributed by atoms with van der Waals surface area (Å²) in [4.78, 5) is 27.9. The summed E-state index contributed by atoms with van der Waals surface area (Å²) >= 11 is 0. The van der Waals surface area contributed by atoms with Gasteiger partial charge in [-0.05, 0) is 36.1 Å². The molecule has 0 radical (unpaired) electrons. The van der Waals surface area contributed by atoms with Crippen molar-refractivity contribution in [3.63, 3.8) is 0 Å². The van der Waals surface area contributed by atoms with Crippen LogP contribution in [0, 0.1) is 23.3 Å². The van der Waals surface area contributed by atoms with E-state index in [1.165, 1.54) is 30.3 Å². The number of aromatic amines is 1. The number of benzene rings is 2. The van der Waals surface area contributed by atoms with E-state index in [1.807, 2.05) is 0 Å². The van der Waals surface area contributed by atoms with Gasteiger partial charge in [-0.25, -0.2) is 22.4 Å². The average molecular weight is 393 g/mol. The first kappa shape index (κ1) is 19.4. The van der Waals surface area contributed by atoms with Crippen LogP contribution in [0.5, 0.6) is 0 Å². The molecule has 2 aromatic carbocycles. The molecule has 2 N–H and O–H groups in total. The Morgan fingerprint density at radius 2 is 1.75 bits per heavy atom. The van der Waals surface area contributed by atoms with Crippen LogP contribution in [0.4, 0.5) is 28.0 Å². The van der Waals surface area contributed by atoms with Crippen LogP contribution in [0.1, 0.15) is 18.5 Å². The number of rotatable bonds is 3. The second kappa shape index (κ2) is 7.34. The number of nitrogens with zero attached hydrogens (tertiary/aromatic N) is 1. The van der Waals surface area contributed by atoms with Crippen LogP contribution >= 0.6 is 0 Å². The van der Waals surface area contributed by atoms with Gasteiger partial charge >= 0.3 is 6.03 Å². The van der Waals surface area contributed by atoms with Crippen LogP contribution < -0.4 is 10.9 Å². The molecule has 0 aliphatic heterocycles. The normalized spacial score (nSPS) is 12.1. The number of fused-ring (bicyclic) bond motifs is 1. The van der Waals surface area contributed by atoms with E-state index in [2.05, 4.69) is 10.3 Å². The van der Waals surface area contributed by atoms with Gasteiger partial charge in [-0.2, -0.15) is 0 Å². The summed E-state index contributed by atoms with van der Waals surface area (Å²) in [5.74, 6) is -4.60. The quantitative estimate of drug-likeness (QED) is 0.652. The zero-order valence-electron chi connectivity index (χ0n) is 14.8. The minimum Gasteiger partial charge on any atom is -0.328 e. The maximum atomic E-state index is 14.1. The lowest BCUT2D eigenvalue weighted by Crippen LogP contribution is -2.34. The lowest BCUT2D eigenvalue weighted by molar-refractivity contribution is 0.208. The van der Waals surface area contributed by atoms with Crippen molar-refractivity contribution in [3.8, 4) is 0 Å². The zero-order valence-corrected chi connectivity index (χ0v) is 14.8. The average Bonchev–Trinajstić information content (AvgIpc) is 2.66. The number of hydrogen-bond acceptors (Lipinski definition) is 2. The Balaban J connectivity index is 1.93. The predicted molar refractivity (Wildman–Crippen MR) is 96.0 cm³/mol. The van der Waals surface area contributed by atoms with Gasteiger partial charge in [-0.15, -0.1) is 0 Å². The zero-order chi connectivity index (χ0) is 20.6. The molecule has 3 aromatic rings. The number of carbonyl (C=O) groups is 1. The van der Waals surface area contributed by atoms with Gasteiger partial charge in [-0.1, -0.05) is 6.07 Å². The summed E-state index contributed by atoms with van der Waals surface area (Å²) in [5, 5.41) is 2.12.